The van der Waals surface area contributed by atoms with E-state index < -0.39 is 0 Å². The van der Waals surface area contributed by atoms with Crippen molar-refractivity contribution >= 4 is 0 Å². The number of likely N-dealkylation sites (N-methyl/N-ethyl adjacent to an activating group) is 1. The molecule has 19 heavy (non-hydrogen) atoms. The molecule has 1 fully saturated rings. The summed E-state index contributed by atoms with van der Waals surface area (Å²) < 4.78 is 10.9. The van der Waals surface area contributed by atoms with Gasteiger partial charge in [0.15, 0.2) is 0 Å². The normalized spacial score (nSPS) is 20.4. The van der Waals surface area contributed by atoms with E-state index in [0.717, 1.165) is 45.1 Å². The molecule has 1 unspecified atom stereocenters. The lowest BCUT2D eigenvalue weighted by molar-refractivity contribution is -0.0107. The highest BCUT2D eigenvalue weighted by atomic mass is 16.5. The van der Waals surface area contributed by atoms with Gasteiger partial charge < -0.3 is 14.8 Å². The molecule has 106 valence electrons. The first-order valence-corrected chi connectivity index (χ1v) is 6.99. The monoisotopic (exact) mass is 264 g/mol. The third-order valence-corrected chi connectivity index (χ3v) is 3.50. The second-order valence-electron chi connectivity index (χ2n) is 4.86. The van der Waals surface area contributed by atoms with E-state index in [1.807, 2.05) is 12.1 Å². The maximum absolute atomic E-state index is 5.59. The number of hydrogen-bond acceptors (Lipinski definition) is 4. The lowest BCUT2D eigenvalue weighted by Crippen LogP contribution is -2.49. The number of morpholine rings is 1. The van der Waals surface area contributed by atoms with Crippen LogP contribution in [0.3, 0.4) is 0 Å². The van der Waals surface area contributed by atoms with Crippen molar-refractivity contribution in [2.45, 2.75) is 19.5 Å². The Morgan fingerprint density at radius 3 is 3.16 bits per heavy atom. The quantitative estimate of drug-likeness (QED) is 0.844. The van der Waals surface area contributed by atoms with E-state index >= 15 is 0 Å². The maximum Gasteiger partial charge on any atom is 0.119 e. The number of nitrogens with zero attached hydrogens (tertiary/aromatic N) is 1. The van der Waals surface area contributed by atoms with Crippen LogP contribution in [0.2, 0.25) is 0 Å². The Balaban J connectivity index is 1.97. The van der Waals surface area contributed by atoms with E-state index in [-0.39, 0.29) is 0 Å². The average Bonchev–Trinajstić information content (AvgIpc) is 2.46. The van der Waals surface area contributed by atoms with Crippen molar-refractivity contribution in [3.8, 4) is 5.75 Å². The van der Waals surface area contributed by atoms with Crippen molar-refractivity contribution in [1.82, 2.24) is 10.2 Å². The fourth-order valence-electron chi connectivity index (χ4n) is 2.40. The smallest absolute Gasteiger partial charge is 0.119 e. The zero-order chi connectivity index (χ0) is 13.5. The molecule has 0 amide bonds. The maximum atomic E-state index is 5.59. The van der Waals surface area contributed by atoms with E-state index in [4.69, 9.17) is 9.47 Å². The lowest BCUT2D eigenvalue weighted by atomic mass is 10.1. The largest absolute Gasteiger partial charge is 0.497 e. The molecule has 2 rings (SSSR count). The molecule has 0 saturated carbocycles. The molecule has 1 saturated heterocycles. The third-order valence-electron chi connectivity index (χ3n) is 3.50. The summed E-state index contributed by atoms with van der Waals surface area (Å²) in [6.45, 7) is 7.72. The molecule has 1 heterocycles. The van der Waals surface area contributed by atoms with Gasteiger partial charge >= 0.3 is 0 Å². The highest BCUT2D eigenvalue weighted by Gasteiger charge is 2.22. The Morgan fingerprint density at radius 2 is 2.37 bits per heavy atom. The van der Waals surface area contributed by atoms with Crippen molar-refractivity contribution in [2.75, 3.05) is 40.0 Å². The fourth-order valence-corrected chi connectivity index (χ4v) is 2.40. The molecule has 0 aliphatic carbocycles. The molecule has 1 atom stereocenters. The molecule has 0 bridgehead atoms. The van der Waals surface area contributed by atoms with Crippen LogP contribution in [0.1, 0.15) is 12.5 Å². The predicted molar refractivity (Wildman–Crippen MR) is 76.6 cm³/mol. The Bertz CT molecular complexity index is 384. The minimum absolute atomic E-state index is 0.458. The van der Waals surface area contributed by atoms with Crippen LogP contribution in [-0.2, 0) is 11.3 Å². The van der Waals surface area contributed by atoms with Gasteiger partial charge in [-0.1, -0.05) is 19.1 Å². The predicted octanol–water partition coefficient (Wildman–Crippen LogP) is 1.51. The zero-order valence-electron chi connectivity index (χ0n) is 11.9. The topological polar surface area (TPSA) is 33.7 Å². The molecule has 1 aromatic carbocycles. The van der Waals surface area contributed by atoms with Crippen LogP contribution in [0.4, 0.5) is 0 Å². The zero-order valence-corrected chi connectivity index (χ0v) is 11.9. The van der Waals surface area contributed by atoms with Gasteiger partial charge in [-0.05, 0) is 24.2 Å². The van der Waals surface area contributed by atoms with E-state index in [1.165, 1.54) is 5.56 Å². The summed E-state index contributed by atoms with van der Waals surface area (Å²) in [5.74, 6) is 0.925. The molecule has 0 spiro atoms. The number of methoxy groups -OCH3 is 1. The van der Waals surface area contributed by atoms with E-state index in [0.29, 0.717) is 6.04 Å². The van der Waals surface area contributed by atoms with Gasteiger partial charge in [0, 0.05) is 25.7 Å². The summed E-state index contributed by atoms with van der Waals surface area (Å²) in [7, 11) is 1.71. The standard InChI is InChI=1S/C15H24N2O2/c1-3-16-10-14-12-19-8-7-17(14)11-13-5-4-6-15(9-13)18-2/h4-6,9,14,16H,3,7-8,10-12H2,1-2H3. The summed E-state index contributed by atoms with van der Waals surface area (Å²) >= 11 is 0. The van der Waals surface area contributed by atoms with Crippen LogP contribution in [0.5, 0.6) is 5.75 Å². The van der Waals surface area contributed by atoms with Crippen LogP contribution in [-0.4, -0.2) is 50.9 Å². The van der Waals surface area contributed by atoms with Gasteiger partial charge in [0.05, 0.1) is 20.3 Å². The van der Waals surface area contributed by atoms with Crippen LogP contribution < -0.4 is 10.1 Å². The summed E-state index contributed by atoms with van der Waals surface area (Å²) in [6, 6.07) is 8.76. The van der Waals surface area contributed by atoms with Gasteiger partial charge in [-0.3, -0.25) is 4.90 Å². The number of hydrogen-bond donors (Lipinski definition) is 1. The van der Waals surface area contributed by atoms with Crippen molar-refractivity contribution < 1.29 is 9.47 Å². The van der Waals surface area contributed by atoms with Gasteiger partial charge in [0.1, 0.15) is 5.75 Å². The first kappa shape index (κ1) is 14.3. The van der Waals surface area contributed by atoms with Crippen molar-refractivity contribution in [2.24, 2.45) is 0 Å². The molecule has 0 aromatic heterocycles. The number of ether oxygens (including phenoxy) is 2. The molecule has 1 N–H and O–H groups in total. The first-order chi connectivity index (χ1) is 9.33. The van der Waals surface area contributed by atoms with Crippen molar-refractivity contribution in [1.29, 1.82) is 0 Å². The fraction of sp³-hybridized carbons (Fsp3) is 0.600. The van der Waals surface area contributed by atoms with E-state index in [9.17, 15) is 0 Å². The van der Waals surface area contributed by atoms with Crippen molar-refractivity contribution in [3.63, 3.8) is 0 Å². The summed E-state index contributed by atoms with van der Waals surface area (Å²) in [5, 5.41) is 3.41. The summed E-state index contributed by atoms with van der Waals surface area (Å²) in [6.07, 6.45) is 0. The second-order valence-corrected chi connectivity index (χ2v) is 4.86. The molecule has 1 aromatic rings. The van der Waals surface area contributed by atoms with E-state index in [1.54, 1.807) is 7.11 Å². The van der Waals surface area contributed by atoms with Crippen LogP contribution in [0, 0.1) is 0 Å². The summed E-state index contributed by atoms with van der Waals surface area (Å²) in [5.41, 5.74) is 1.29. The van der Waals surface area contributed by atoms with Gasteiger partial charge in [-0.2, -0.15) is 0 Å². The molecule has 4 nitrogen and oxygen atoms in total. The third kappa shape index (κ3) is 4.20. The molecule has 0 radical (unpaired) electrons. The van der Waals surface area contributed by atoms with Crippen LogP contribution in [0.15, 0.2) is 24.3 Å². The minimum atomic E-state index is 0.458. The lowest BCUT2D eigenvalue weighted by Gasteiger charge is -2.35. The average molecular weight is 264 g/mol. The molecule has 4 heteroatoms. The highest BCUT2D eigenvalue weighted by molar-refractivity contribution is 5.28. The Labute approximate surface area is 115 Å². The Morgan fingerprint density at radius 1 is 1.47 bits per heavy atom. The number of rotatable bonds is 6. The van der Waals surface area contributed by atoms with Gasteiger partial charge in [0.2, 0.25) is 0 Å². The number of benzene rings is 1. The minimum Gasteiger partial charge on any atom is -0.497 e. The molecule has 1 aliphatic rings. The van der Waals surface area contributed by atoms with Gasteiger partial charge in [-0.25, -0.2) is 0 Å². The first-order valence-electron chi connectivity index (χ1n) is 6.99. The Hall–Kier alpha value is -1.10. The summed E-state index contributed by atoms with van der Waals surface area (Å²) in [4.78, 5) is 2.49. The van der Waals surface area contributed by atoms with Gasteiger partial charge in [-0.15, -0.1) is 0 Å². The van der Waals surface area contributed by atoms with Gasteiger partial charge in [0.25, 0.3) is 0 Å². The number of nitrogens with one attached hydrogen (secondary N) is 1. The molecule has 1 aliphatic heterocycles. The SMILES string of the molecule is CCNCC1COCCN1Cc1cccc(OC)c1. The molecular weight excluding hydrogens is 240 g/mol. The second kappa shape index (κ2) is 7.48. The van der Waals surface area contributed by atoms with Crippen LogP contribution >= 0.6 is 0 Å². The Kier molecular flexibility index (Phi) is 5.63. The van der Waals surface area contributed by atoms with Crippen molar-refractivity contribution in [3.05, 3.63) is 29.8 Å². The van der Waals surface area contributed by atoms with Crippen LogP contribution in [0.25, 0.3) is 0 Å². The molecular formula is C15H24N2O2. The highest BCUT2D eigenvalue weighted by Crippen LogP contribution is 2.17. The van der Waals surface area contributed by atoms with E-state index in [2.05, 4.69) is 29.3 Å².